The third-order valence-electron chi connectivity index (χ3n) is 6.00. The van der Waals surface area contributed by atoms with Gasteiger partial charge in [0.25, 0.3) is 0 Å². The van der Waals surface area contributed by atoms with Gasteiger partial charge < -0.3 is 0 Å². The number of benzene rings is 2. The van der Waals surface area contributed by atoms with Gasteiger partial charge in [0.1, 0.15) is 0 Å². The SMILES string of the molecule is CC(C)(C)c1cc2c(C=O)c(c1)CCc1cc(C(C)(C)C)cc(c1C=O)CC2. The lowest BCUT2D eigenvalue weighted by atomic mass is 9.78. The van der Waals surface area contributed by atoms with Crippen molar-refractivity contribution < 1.29 is 9.59 Å². The minimum atomic E-state index is 0.0384. The Labute approximate surface area is 169 Å². The van der Waals surface area contributed by atoms with Crippen molar-refractivity contribution >= 4 is 12.6 Å². The van der Waals surface area contributed by atoms with E-state index < -0.39 is 0 Å². The molecule has 0 radical (unpaired) electrons. The van der Waals surface area contributed by atoms with Crippen LogP contribution in [0.5, 0.6) is 0 Å². The molecule has 0 aliphatic heterocycles. The molecular weight excluding hydrogens is 344 g/mol. The molecule has 2 heteroatoms. The van der Waals surface area contributed by atoms with Gasteiger partial charge in [-0.15, -0.1) is 0 Å². The van der Waals surface area contributed by atoms with Crippen LogP contribution in [0, 0.1) is 0 Å². The fraction of sp³-hybridized carbons (Fsp3) is 0.462. The van der Waals surface area contributed by atoms with E-state index in [4.69, 9.17) is 0 Å². The van der Waals surface area contributed by atoms with Crippen molar-refractivity contribution in [1.29, 1.82) is 0 Å². The van der Waals surface area contributed by atoms with E-state index in [0.29, 0.717) is 0 Å². The number of aryl methyl sites for hydroxylation is 4. The maximum Gasteiger partial charge on any atom is 0.150 e. The van der Waals surface area contributed by atoms with E-state index in [-0.39, 0.29) is 10.8 Å². The molecule has 1 aliphatic rings. The quantitative estimate of drug-likeness (QED) is 0.622. The normalized spacial score (nSPS) is 14.5. The molecule has 1 aliphatic carbocycles. The maximum atomic E-state index is 11.9. The van der Waals surface area contributed by atoms with Crippen LogP contribution in [0.1, 0.15) is 95.6 Å². The van der Waals surface area contributed by atoms with Crippen molar-refractivity contribution in [3.8, 4) is 0 Å². The minimum Gasteiger partial charge on any atom is -0.298 e. The molecule has 0 atom stereocenters. The highest BCUT2D eigenvalue weighted by Crippen LogP contribution is 2.32. The lowest BCUT2D eigenvalue weighted by molar-refractivity contribution is 0.111. The second kappa shape index (κ2) is 7.31. The highest BCUT2D eigenvalue weighted by molar-refractivity contribution is 5.82. The van der Waals surface area contributed by atoms with Crippen LogP contribution in [-0.4, -0.2) is 12.6 Å². The van der Waals surface area contributed by atoms with Crippen LogP contribution < -0.4 is 0 Å². The highest BCUT2D eigenvalue weighted by Gasteiger charge is 2.23. The van der Waals surface area contributed by atoms with E-state index in [2.05, 4.69) is 65.8 Å². The molecule has 2 aromatic rings. The Hall–Kier alpha value is -2.22. The van der Waals surface area contributed by atoms with Gasteiger partial charge in [-0.2, -0.15) is 0 Å². The van der Waals surface area contributed by atoms with Crippen LogP contribution in [-0.2, 0) is 36.5 Å². The first kappa shape index (κ1) is 20.5. The summed E-state index contributed by atoms with van der Waals surface area (Å²) in [6.45, 7) is 13.3. The molecule has 0 saturated heterocycles. The minimum absolute atomic E-state index is 0.0384. The van der Waals surface area contributed by atoms with Crippen LogP contribution in [0.2, 0.25) is 0 Å². The molecule has 148 valence electrons. The summed E-state index contributed by atoms with van der Waals surface area (Å²) in [6.07, 6.45) is 5.15. The fourth-order valence-electron chi connectivity index (χ4n) is 4.09. The van der Waals surface area contributed by atoms with Gasteiger partial charge in [-0.25, -0.2) is 0 Å². The van der Waals surface area contributed by atoms with Crippen LogP contribution in [0.25, 0.3) is 0 Å². The average molecular weight is 377 g/mol. The zero-order valence-electron chi connectivity index (χ0n) is 18.1. The topological polar surface area (TPSA) is 34.1 Å². The van der Waals surface area contributed by atoms with Crippen molar-refractivity contribution in [2.45, 2.75) is 78.1 Å². The van der Waals surface area contributed by atoms with E-state index in [9.17, 15) is 9.59 Å². The Morgan fingerprint density at radius 2 is 0.821 bits per heavy atom. The Morgan fingerprint density at radius 3 is 1.00 bits per heavy atom. The zero-order chi connectivity index (χ0) is 20.7. The van der Waals surface area contributed by atoms with Gasteiger partial charge in [-0.3, -0.25) is 9.59 Å². The van der Waals surface area contributed by atoms with Gasteiger partial charge in [0, 0.05) is 11.1 Å². The molecular formula is C26H32O2. The zero-order valence-corrected chi connectivity index (χ0v) is 18.1. The van der Waals surface area contributed by atoms with Gasteiger partial charge in [0.15, 0.2) is 12.6 Å². The summed E-state index contributed by atoms with van der Waals surface area (Å²) in [6, 6.07) is 8.79. The van der Waals surface area contributed by atoms with Gasteiger partial charge in [0.05, 0.1) is 0 Å². The van der Waals surface area contributed by atoms with Gasteiger partial charge in [0.2, 0.25) is 0 Å². The molecule has 0 amide bonds. The number of carbonyl (C=O) groups is 2. The predicted molar refractivity (Wildman–Crippen MR) is 116 cm³/mol. The number of aldehydes is 2. The van der Waals surface area contributed by atoms with Crippen LogP contribution in [0.3, 0.4) is 0 Å². The van der Waals surface area contributed by atoms with Gasteiger partial charge in [-0.1, -0.05) is 65.8 Å². The third-order valence-corrected chi connectivity index (χ3v) is 6.00. The molecule has 4 bridgehead atoms. The summed E-state index contributed by atoms with van der Waals surface area (Å²) >= 11 is 0. The number of fused-ring (bicyclic) bond motifs is 4. The molecule has 0 aromatic heterocycles. The number of carbonyl (C=O) groups excluding carboxylic acids is 2. The molecule has 0 unspecified atom stereocenters. The summed E-state index contributed by atoms with van der Waals surface area (Å²) in [7, 11) is 0. The maximum absolute atomic E-state index is 11.9. The standard InChI is InChI=1S/C26H32O2/c1-25(2,3)21-11-17-7-9-19-13-22(26(4,5)6)14-20(24(19)16-28)10-8-18(12-21)23(17)15-27/h11-16H,7-10H2,1-6H3. The van der Waals surface area contributed by atoms with Crippen molar-refractivity contribution in [1.82, 2.24) is 0 Å². The van der Waals surface area contributed by atoms with Crippen molar-refractivity contribution in [3.63, 3.8) is 0 Å². The van der Waals surface area contributed by atoms with E-state index in [1.54, 1.807) is 0 Å². The van der Waals surface area contributed by atoms with E-state index in [1.807, 2.05) is 0 Å². The van der Waals surface area contributed by atoms with Crippen LogP contribution in [0.4, 0.5) is 0 Å². The second-order valence-corrected chi connectivity index (χ2v) is 10.2. The first-order valence-corrected chi connectivity index (χ1v) is 10.3. The smallest absolute Gasteiger partial charge is 0.150 e. The molecule has 0 fully saturated rings. The summed E-state index contributed by atoms with van der Waals surface area (Å²) in [5, 5.41) is 0. The van der Waals surface area contributed by atoms with Crippen LogP contribution in [0.15, 0.2) is 24.3 Å². The van der Waals surface area contributed by atoms with E-state index in [1.165, 1.54) is 11.1 Å². The second-order valence-electron chi connectivity index (χ2n) is 10.2. The Bertz CT molecular complexity index is 793. The lowest BCUT2D eigenvalue weighted by Crippen LogP contribution is -2.17. The third kappa shape index (κ3) is 3.97. The van der Waals surface area contributed by atoms with Gasteiger partial charge in [-0.05, 0) is 69.9 Å². The monoisotopic (exact) mass is 376 g/mol. The first-order valence-electron chi connectivity index (χ1n) is 10.3. The van der Waals surface area contributed by atoms with Gasteiger partial charge >= 0.3 is 0 Å². The molecule has 0 saturated carbocycles. The van der Waals surface area contributed by atoms with Crippen molar-refractivity contribution in [3.05, 3.63) is 68.8 Å². The summed E-state index contributed by atoms with van der Waals surface area (Å²) in [5.41, 5.74) is 8.77. The molecule has 0 spiro atoms. The molecule has 2 aromatic carbocycles. The largest absolute Gasteiger partial charge is 0.298 e. The Kier molecular flexibility index (Phi) is 5.36. The van der Waals surface area contributed by atoms with E-state index in [0.717, 1.165) is 71.6 Å². The van der Waals surface area contributed by atoms with E-state index >= 15 is 0 Å². The number of hydrogen-bond donors (Lipinski definition) is 0. The highest BCUT2D eigenvalue weighted by atomic mass is 16.1. The fourth-order valence-corrected chi connectivity index (χ4v) is 4.09. The molecule has 2 nitrogen and oxygen atoms in total. The van der Waals surface area contributed by atoms with Crippen LogP contribution >= 0.6 is 0 Å². The molecule has 28 heavy (non-hydrogen) atoms. The summed E-state index contributed by atoms with van der Waals surface area (Å²) in [4.78, 5) is 23.8. The first-order chi connectivity index (χ1) is 13.0. The summed E-state index contributed by atoms with van der Waals surface area (Å²) in [5.74, 6) is 0. The lowest BCUT2D eigenvalue weighted by Gasteiger charge is -2.26. The molecule has 3 rings (SSSR count). The molecule has 0 N–H and O–H groups in total. The number of hydrogen-bond acceptors (Lipinski definition) is 2. The van der Waals surface area contributed by atoms with Crippen molar-refractivity contribution in [2.24, 2.45) is 0 Å². The average Bonchev–Trinajstić information content (AvgIpc) is 2.61. The summed E-state index contributed by atoms with van der Waals surface area (Å²) < 4.78 is 0. The Balaban J connectivity index is 2.18. The predicted octanol–water partition coefficient (Wildman–Crippen LogP) is 5.79. The van der Waals surface area contributed by atoms with Crippen molar-refractivity contribution in [2.75, 3.05) is 0 Å². The Morgan fingerprint density at radius 1 is 0.571 bits per heavy atom. The molecule has 0 heterocycles. The number of rotatable bonds is 2.